The highest BCUT2D eigenvalue weighted by atomic mass is 16.6. The Labute approximate surface area is 173 Å². The zero-order chi connectivity index (χ0) is 21.0. The van der Waals surface area contributed by atoms with Crippen LogP contribution >= 0.6 is 0 Å². The van der Waals surface area contributed by atoms with Crippen molar-refractivity contribution >= 4 is 5.96 Å². The standard InChI is InChI=1S/C22H33N5O2/c1-7-23-21(24-13-18-15(2)26-27(6)16(18)3)25-14-22(4,5)17-8-9-19-20(12-17)29-11-10-28-19/h8-9,12H,7,10-11,13-14H2,1-6H3,(H2,23,24,25). The van der Waals surface area contributed by atoms with Gasteiger partial charge in [-0.1, -0.05) is 19.9 Å². The molecule has 1 aromatic heterocycles. The zero-order valence-electron chi connectivity index (χ0n) is 18.4. The van der Waals surface area contributed by atoms with Gasteiger partial charge in [-0.15, -0.1) is 0 Å². The van der Waals surface area contributed by atoms with Crippen LogP contribution in [-0.2, 0) is 19.0 Å². The van der Waals surface area contributed by atoms with Gasteiger partial charge in [0, 0.05) is 36.8 Å². The van der Waals surface area contributed by atoms with E-state index in [1.54, 1.807) is 0 Å². The van der Waals surface area contributed by atoms with Crippen LogP contribution in [0, 0.1) is 13.8 Å². The van der Waals surface area contributed by atoms with Crippen molar-refractivity contribution in [2.75, 3.05) is 26.3 Å². The summed E-state index contributed by atoms with van der Waals surface area (Å²) in [6, 6.07) is 6.20. The third kappa shape index (κ3) is 4.83. The van der Waals surface area contributed by atoms with E-state index in [2.05, 4.69) is 55.6 Å². The average molecular weight is 400 g/mol. The van der Waals surface area contributed by atoms with Crippen LogP contribution in [0.3, 0.4) is 0 Å². The number of aryl methyl sites for hydroxylation is 2. The van der Waals surface area contributed by atoms with Crippen molar-refractivity contribution in [2.45, 2.75) is 46.6 Å². The fourth-order valence-corrected chi connectivity index (χ4v) is 3.42. The third-order valence-electron chi connectivity index (χ3n) is 5.42. The molecule has 0 unspecified atom stereocenters. The number of nitrogens with one attached hydrogen (secondary N) is 2. The first-order valence-corrected chi connectivity index (χ1v) is 10.2. The number of nitrogens with zero attached hydrogens (tertiary/aromatic N) is 3. The Kier molecular flexibility index (Phi) is 6.35. The summed E-state index contributed by atoms with van der Waals surface area (Å²) in [7, 11) is 1.97. The van der Waals surface area contributed by atoms with Crippen molar-refractivity contribution in [1.82, 2.24) is 20.4 Å². The van der Waals surface area contributed by atoms with Crippen LogP contribution in [-0.4, -0.2) is 42.0 Å². The average Bonchev–Trinajstić information content (AvgIpc) is 2.95. The van der Waals surface area contributed by atoms with Crippen molar-refractivity contribution in [1.29, 1.82) is 0 Å². The number of rotatable bonds is 6. The van der Waals surface area contributed by atoms with Crippen molar-refractivity contribution in [3.63, 3.8) is 0 Å². The molecule has 0 spiro atoms. The monoisotopic (exact) mass is 399 g/mol. The van der Waals surface area contributed by atoms with Crippen molar-refractivity contribution in [3.05, 3.63) is 40.7 Å². The van der Waals surface area contributed by atoms with Gasteiger partial charge in [0.2, 0.25) is 0 Å². The molecule has 1 aromatic carbocycles. The summed E-state index contributed by atoms with van der Waals surface area (Å²) in [4.78, 5) is 4.78. The molecule has 0 fully saturated rings. The van der Waals surface area contributed by atoms with Gasteiger partial charge in [0.25, 0.3) is 0 Å². The Hall–Kier alpha value is -2.70. The second-order valence-corrected chi connectivity index (χ2v) is 8.06. The van der Waals surface area contributed by atoms with Crippen LogP contribution in [0.25, 0.3) is 0 Å². The normalized spacial score (nSPS) is 14.1. The van der Waals surface area contributed by atoms with E-state index in [9.17, 15) is 0 Å². The number of aliphatic imine (C=N–C) groups is 1. The van der Waals surface area contributed by atoms with Gasteiger partial charge < -0.3 is 20.1 Å². The summed E-state index contributed by atoms with van der Waals surface area (Å²) in [6.45, 7) is 14.0. The van der Waals surface area contributed by atoms with Crippen LogP contribution < -0.4 is 20.1 Å². The van der Waals surface area contributed by atoms with E-state index >= 15 is 0 Å². The fourth-order valence-electron chi connectivity index (χ4n) is 3.42. The lowest BCUT2D eigenvalue weighted by Crippen LogP contribution is -2.43. The molecular weight excluding hydrogens is 366 g/mol. The van der Waals surface area contributed by atoms with Crippen LogP contribution in [0.4, 0.5) is 0 Å². The number of guanidine groups is 1. The third-order valence-corrected chi connectivity index (χ3v) is 5.42. The Morgan fingerprint density at radius 1 is 1.17 bits per heavy atom. The number of fused-ring (bicyclic) bond motifs is 1. The summed E-state index contributed by atoms with van der Waals surface area (Å²) in [5.74, 6) is 2.45. The fraction of sp³-hybridized carbons (Fsp3) is 0.545. The highest BCUT2D eigenvalue weighted by Crippen LogP contribution is 2.34. The molecule has 7 nitrogen and oxygen atoms in total. The van der Waals surface area contributed by atoms with E-state index in [1.165, 1.54) is 11.1 Å². The Bertz CT molecular complexity index is 886. The van der Waals surface area contributed by atoms with E-state index in [0.29, 0.717) is 19.8 Å². The lowest BCUT2D eigenvalue weighted by atomic mass is 9.84. The first-order valence-electron chi connectivity index (χ1n) is 10.2. The number of hydrogen-bond donors (Lipinski definition) is 2. The second-order valence-electron chi connectivity index (χ2n) is 8.06. The van der Waals surface area contributed by atoms with Gasteiger partial charge in [-0.05, 0) is 38.5 Å². The number of ether oxygens (including phenoxy) is 2. The van der Waals surface area contributed by atoms with E-state index in [1.807, 2.05) is 24.7 Å². The summed E-state index contributed by atoms with van der Waals surface area (Å²) in [6.07, 6.45) is 0. The first kappa shape index (κ1) is 21.0. The van der Waals surface area contributed by atoms with Gasteiger partial charge in [-0.25, -0.2) is 4.99 Å². The molecule has 1 aliphatic rings. The molecule has 0 saturated carbocycles. The van der Waals surface area contributed by atoms with Crippen LogP contribution in [0.1, 0.15) is 43.3 Å². The summed E-state index contributed by atoms with van der Waals surface area (Å²) < 4.78 is 13.3. The van der Waals surface area contributed by atoms with Gasteiger partial charge in [0.1, 0.15) is 13.2 Å². The summed E-state index contributed by atoms with van der Waals surface area (Å²) in [5, 5.41) is 11.3. The van der Waals surface area contributed by atoms with E-state index in [0.717, 1.165) is 41.9 Å². The Morgan fingerprint density at radius 3 is 2.55 bits per heavy atom. The maximum atomic E-state index is 5.75. The molecule has 2 aromatic rings. The minimum atomic E-state index is -0.105. The largest absolute Gasteiger partial charge is 0.486 e. The highest BCUT2D eigenvalue weighted by molar-refractivity contribution is 5.79. The highest BCUT2D eigenvalue weighted by Gasteiger charge is 2.24. The Balaban J connectivity index is 1.70. The van der Waals surface area contributed by atoms with Crippen LogP contribution in [0.2, 0.25) is 0 Å². The summed E-state index contributed by atoms with van der Waals surface area (Å²) in [5.41, 5.74) is 4.45. The topological polar surface area (TPSA) is 72.7 Å². The molecule has 158 valence electrons. The molecule has 0 atom stereocenters. The summed E-state index contributed by atoms with van der Waals surface area (Å²) >= 11 is 0. The SMILES string of the molecule is CCNC(=NCc1c(C)nn(C)c1C)NCC(C)(C)c1ccc2c(c1)OCCO2. The molecule has 2 N–H and O–H groups in total. The van der Waals surface area contributed by atoms with Crippen LogP contribution in [0.5, 0.6) is 11.5 Å². The molecule has 3 rings (SSSR count). The predicted molar refractivity (Wildman–Crippen MR) is 116 cm³/mol. The smallest absolute Gasteiger partial charge is 0.191 e. The van der Waals surface area contributed by atoms with Crippen molar-refractivity contribution in [2.24, 2.45) is 12.0 Å². The quantitative estimate of drug-likeness (QED) is 0.577. The molecule has 0 amide bonds. The van der Waals surface area contributed by atoms with Crippen molar-refractivity contribution < 1.29 is 9.47 Å². The molecule has 1 aliphatic heterocycles. The van der Waals surface area contributed by atoms with E-state index in [4.69, 9.17) is 14.5 Å². The van der Waals surface area contributed by atoms with Gasteiger partial charge in [-0.3, -0.25) is 4.68 Å². The minimum absolute atomic E-state index is 0.105. The molecule has 2 heterocycles. The molecule has 7 heteroatoms. The lowest BCUT2D eigenvalue weighted by molar-refractivity contribution is 0.171. The maximum Gasteiger partial charge on any atom is 0.191 e. The first-order chi connectivity index (χ1) is 13.8. The van der Waals surface area contributed by atoms with Gasteiger partial charge in [-0.2, -0.15) is 5.10 Å². The molecule has 0 aliphatic carbocycles. The van der Waals surface area contributed by atoms with Gasteiger partial charge in [0.05, 0.1) is 12.2 Å². The van der Waals surface area contributed by atoms with Gasteiger partial charge in [0.15, 0.2) is 17.5 Å². The van der Waals surface area contributed by atoms with E-state index < -0.39 is 0 Å². The zero-order valence-corrected chi connectivity index (χ0v) is 18.4. The van der Waals surface area contributed by atoms with Gasteiger partial charge >= 0.3 is 0 Å². The minimum Gasteiger partial charge on any atom is -0.486 e. The second kappa shape index (κ2) is 8.76. The number of aromatic nitrogens is 2. The number of benzene rings is 1. The van der Waals surface area contributed by atoms with Crippen molar-refractivity contribution in [3.8, 4) is 11.5 Å². The Morgan fingerprint density at radius 2 is 1.90 bits per heavy atom. The molecule has 0 radical (unpaired) electrons. The van der Waals surface area contributed by atoms with Crippen LogP contribution in [0.15, 0.2) is 23.2 Å². The molecule has 0 bridgehead atoms. The molecule has 0 saturated heterocycles. The maximum absolute atomic E-state index is 5.75. The molecular formula is C22H33N5O2. The predicted octanol–water partition coefficient (Wildman–Crippen LogP) is 2.84. The lowest BCUT2D eigenvalue weighted by Gasteiger charge is -2.28. The molecule has 29 heavy (non-hydrogen) atoms. The van der Waals surface area contributed by atoms with E-state index in [-0.39, 0.29) is 5.41 Å². The number of hydrogen-bond acceptors (Lipinski definition) is 4.